The monoisotopic (exact) mass is 282 g/mol. The molecule has 0 saturated heterocycles. The van der Waals surface area contributed by atoms with Crippen LogP contribution in [0.15, 0.2) is 48.1 Å². The molecule has 0 fully saturated rings. The summed E-state index contributed by atoms with van der Waals surface area (Å²) in [7, 11) is 0. The van der Waals surface area contributed by atoms with Crippen LogP contribution in [0.25, 0.3) is 11.4 Å². The number of hydrogen-bond acceptors (Lipinski definition) is 5. The molecular formula is C15H14N4S. The fourth-order valence-electron chi connectivity index (χ4n) is 1.82. The number of aromatic nitrogens is 3. The Bertz CT molecular complexity index is 677. The fraction of sp³-hybridized carbons (Fsp3) is 0.133. The van der Waals surface area contributed by atoms with Crippen molar-refractivity contribution in [1.29, 1.82) is 0 Å². The maximum atomic E-state index is 4.41. The second-order valence-corrected chi connectivity index (χ2v) is 5.34. The molecule has 3 rings (SSSR count). The molecule has 2 aromatic heterocycles. The summed E-state index contributed by atoms with van der Waals surface area (Å²) in [6, 6.07) is 9.95. The highest BCUT2D eigenvalue weighted by Crippen LogP contribution is 2.16. The molecule has 4 nitrogen and oxygen atoms in total. The van der Waals surface area contributed by atoms with Gasteiger partial charge in [-0.2, -0.15) is 0 Å². The summed E-state index contributed by atoms with van der Waals surface area (Å²) in [5.41, 5.74) is 2.98. The highest BCUT2D eigenvalue weighted by molar-refractivity contribution is 7.09. The Labute approximate surface area is 121 Å². The van der Waals surface area contributed by atoms with E-state index < -0.39 is 0 Å². The molecule has 0 aliphatic carbocycles. The van der Waals surface area contributed by atoms with E-state index >= 15 is 0 Å². The third-order valence-corrected chi connectivity index (χ3v) is 3.76. The van der Waals surface area contributed by atoms with Crippen molar-refractivity contribution < 1.29 is 0 Å². The fourth-order valence-corrected chi connectivity index (χ4v) is 2.53. The van der Waals surface area contributed by atoms with E-state index in [-0.39, 0.29) is 0 Å². The highest BCUT2D eigenvalue weighted by Gasteiger charge is 2.02. The SMILES string of the molecule is Cc1csc(CNc2cnc(-c3ccccc3)nc2)n1. The van der Waals surface area contributed by atoms with Crippen LogP contribution in [0.2, 0.25) is 0 Å². The van der Waals surface area contributed by atoms with Gasteiger partial charge in [0.05, 0.1) is 24.6 Å². The number of nitrogens with one attached hydrogen (secondary N) is 1. The van der Waals surface area contributed by atoms with E-state index in [0.29, 0.717) is 6.54 Å². The van der Waals surface area contributed by atoms with Crippen LogP contribution >= 0.6 is 11.3 Å². The van der Waals surface area contributed by atoms with E-state index in [1.165, 1.54) is 0 Å². The third-order valence-electron chi connectivity index (χ3n) is 2.79. The Kier molecular flexibility index (Phi) is 3.69. The summed E-state index contributed by atoms with van der Waals surface area (Å²) in [6.45, 7) is 2.70. The molecule has 0 unspecified atom stereocenters. The number of aryl methyl sites for hydroxylation is 1. The zero-order chi connectivity index (χ0) is 13.8. The Morgan fingerprint density at radius 2 is 1.85 bits per heavy atom. The largest absolute Gasteiger partial charge is 0.376 e. The molecule has 0 radical (unpaired) electrons. The molecule has 3 aromatic rings. The Morgan fingerprint density at radius 1 is 1.10 bits per heavy atom. The molecular weight excluding hydrogens is 268 g/mol. The number of hydrogen-bond donors (Lipinski definition) is 1. The van der Waals surface area contributed by atoms with Crippen LogP contribution in [-0.4, -0.2) is 15.0 Å². The lowest BCUT2D eigenvalue weighted by Crippen LogP contribution is -2.00. The molecule has 0 atom stereocenters. The van der Waals surface area contributed by atoms with E-state index in [0.717, 1.165) is 27.8 Å². The van der Waals surface area contributed by atoms with Crippen molar-refractivity contribution in [1.82, 2.24) is 15.0 Å². The van der Waals surface area contributed by atoms with Gasteiger partial charge in [0.1, 0.15) is 5.01 Å². The summed E-state index contributed by atoms with van der Waals surface area (Å²) in [6.07, 6.45) is 3.60. The van der Waals surface area contributed by atoms with Gasteiger partial charge in [0.25, 0.3) is 0 Å². The minimum absolute atomic E-state index is 0.701. The Morgan fingerprint density at radius 3 is 2.50 bits per heavy atom. The topological polar surface area (TPSA) is 50.7 Å². The van der Waals surface area contributed by atoms with Crippen molar-refractivity contribution in [3.8, 4) is 11.4 Å². The first-order chi connectivity index (χ1) is 9.81. The maximum Gasteiger partial charge on any atom is 0.159 e. The molecule has 2 heterocycles. The van der Waals surface area contributed by atoms with Gasteiger partial charge in [0.15, 0.2) is 5.82 Å². The van der Waals surface area contributed by atoms with Crippen LogP contribution in [0.1, 0.15) is 10.7 Å². The lowest BCUT2D eigenvalue weighted by Gasteiger charge is -2.04. The second kappa shape index (κ2) is 5.79. The number of benzene rings is 1. The quantitative estimate of drug-likeness (QED) is 0.795. The van der Waals surface area contributed by atoms with Crippen LogP contribution in [0.4, 0.5) is 5.69 Å². The van der Waals surface area contributed by atoms with Gasteiger partial charge in [-0.15, -0.1) is 11.3 Å². The minimum Gasteiger partial charge on any atom is -0.376 e. The predicted molar refractivity (Wildman–Crippen MR) is 81.6 cm³/mol. The van der Waals surface area contributed by atoms with Crippen LogP contribution in [-0.2, 0) is 6.54 Å². The van der Waals surface area contributed by atoms with Crippen molar-refractivity contribution in [2.45, 2.75) is 13.5 Å². The first kappa shape index (κ1) is 12.7. The van der Waals surface area contributed by atoms with Gasteiger partial charge in [-0.25, -0.2) is 15.0 Å². The summed E-state index contributed by atoms with van der Waals surface area (Å²) >= 11 is 1.65. The van der Waals surface area contributed by atoms with Gasteiger partial charge >= 0.3 is 0 Å². The van der Waals surface area contributed by atoms with Crippen LogP contribution in [0.3, 0.4) is 0 Å². The number of thiazole rings is 1. The lowest BCUT2D eigenvalue weighted by atomic mass is 10.2. The van der Waals surface area contributed by atoms with Gasteiger partial charge in [0, 0.05) is 16.6 Å². The van der Waals surface area contributed by atoms with Gasteiger partial charge < -0.3 is 5.32 Å². The van der Waals surface area contributed by atoms with Crippen LogP contribution in [0, 0.1) is 6.92 Å². The minimum atomic E-state index is 0.701. The Hall–Kier alpha value is -2.27. The zero-order valence-corrected chi connectivity index (χ0v) is 11.9. The summed E-state index contributed by atoms with van der Waals surface area (Å²) in [5, 5.41) is 6.39. The molecule has 0 amide bonds. The average Bonchev–Trinajstić information content (AvgIpc) is 2.92. The average molecular weight is 282 g/mol. The van der Waals surface area contributed by atoms with Crippen molar-refractivity contribution in [3.05, 3.63) is 58.8 Å². The van der Waals surface area contributed by atoms with Crippen molar-refractivity contribution >= 4 is 17.0 Å². The van der Waals surface area contributed by atoms with Gasteiger partial charge in [-0.1, -0.05) is 30.3 Å². The number of nitrogens with zero attached hydrogens (tertiary/aromatic N) is 3. The predicted octanol–water partition coefficient (Wildman–Crippen LogP) is 3.52. The van der Waals surface area contributed by atoms with Crippen LogP contribution in [0.5, 0.6) is 0 Å². The van der Waals surface area contributed by atoms with Gasteiger partial charge in [-0.05, 0) is 6.92 Å². The third kappa shape index (κ3) is 3.00. The summed E-state index contributed by atoms with van der Waals surface area (Å²) < 4.78 is 0. The number of rotatable bonds is 4. The maximum absolute atomic E-state index is 4.41. The van der Waals surface area contributed by atoms with E-state index in [4.69, 9.17) is 0 Å². The molecule has 0 saturated carbocycles. The molecule has 0 bridgehead atoms. The molecule has 0 spiro atoms. The molecule has 0 aliphatic heterocycles. The second-order valence-electron chi connectivity index (χ2n) is 4.40. The first-order valence-electron chi connectivity index (χ1n) is 6.33. The van der Waals surface area contributed by atoms with Crippen molar-refractivity contribution in [3.63, 3.8) is 0 Å². The summed E-state index contributed by atoms with van der Waals surface area (Å²) in [4.78, 5) is 13.2. The van der Waals surface area contributed by atoms with E-state index in [1.54, 1.807) is 23.7 Å². The molecule has 1 N–H and O–H groups in total. The van der Waals surface area contributed by atoms with Crippen molar-refractivity contribution in [2.75, 3.05) is 5.32 Å². The van der Waals surface area contributed by atoms with Crippen molar-refractivity contribution in [2.24, 2.45) is 0 Å². The number of anilines is 1. The van der Waals surface area contributed by atoms with Gasteiger partial charge in [0.2, 0.25) is 0 Å². The van der Waals surface area contributed by atoms with Gasteiger partial charge in [-0.3, -0.25) is 0 Å². The smallest absolute Gasteiger partial charge is 0.159 e. The standard InChI is InChI=1S/C15H14N4S/c1-11-10-20-14(19-11)9-16-13-7-17-15(18-8-13)12-5-3-2-4-6-12/h2-8,10,16H,9H2,1H3. The van der Waals surface area contributed by atoms with E-state index in [2.05, 4.69) is 20.3 Å². The van der Waals surface area contributed by atoms with E-state index in [9.17, 15) is 0 Å². The molecule has 0 aliphatic rings. The zero-order valence-electron chi connectivity index (χ0n) is 11.1. The lowest BCUT2D eigenvalue weighted by molar-refractivity contribution is 1.06. The molecule has 5 heteroatoms. The summed E-state index contributed by atoms with van der Waals surface area (Å²) in [5.74, 6) is 0.737. The Balaban J connectivity index is 1.67. The molecule has 20 heavy (non-hydrogen) atoms. The molecule has 1 aromatic carbocycles. The first-order valence-corrected chi connectivity index (χ1v) is 7.21. The van der Waals surface area contributed by atoms with E-state index in [1.807, 2.05) is 42.6 Å². The highest BCUT2D eigenvalue weighted by atomic mass is 32.1. The van der Waals surface area contributed by atoms with Crippen LogP contribution < -0.4 is 5.32 Å². The molecule has 100 valence electrons. The normalized spacial score (nSPS) is 10.4.